The SMILES string of the molecule is CN=C(NCc1ccc2cc(OC)ccc2c1)NC1CC2CCC1O2.I. The minimum absolute atomic E-state index is 0. The number of methoxy groups -OCH3 is 1. The van der Waals surface area contributed by atoms with E-state index in [-0.39, 0.29) is 24.0 Å². The third-order valence-electron chi connectivity index (χ3n) is 5.22. The van der Waals surface area contributed by atoms with Crippen molar-refractivity contribution in [3.63, 3.8) is 0 Å². The van der Waals surface area contributed by atoms with Gasteiger partial charge in [0.15, 0.2) is 5.96 Å². The summed E-state index contributed by atoms with van der Waals surface area (Å²) in [6, 6.07) is 13.0. The van der Waals surface area contributed by atoms with Crippen LogP contribution in [0.3, 0.4) is 0 Å². The largest absolute Gasteiger partial charge is 0.497 e. The van der Waals surface area contributed by atoms with Gasteiger partial charge in [-0.3, -0.25) is 4.99 Å². The molecule has 2 fully saturated rings. The number of rotatable bonds is 4. The highest BCUT2D eigenvalue weighted by Crippen LogP contribution is 2.34. The third-order valence-corrected chi connectivity index (χ3v) is 5.22. The van der Waals surface area contributed by atoms with Crippen LogP contribution < -0.4 is 15.4 Å². The minimum atomic E-state index is 0. The molecule has 2 bridgehead atoms. The number of aliphatic imine (C=N–C) groups is 1. The zero-order valence-corrected chi connectivity index (χ0v) is 17.5. The van der Waals surface area contributed by atoms with Gasteiger partial charge < -0.3 is 20.1 Å². The lowest BCUT2D eigenvalue weighted by Gasteiger charge is -2.22. The van der Waals surface area contributed by atoms with Gasteiger partial charge in [-0.1, -0.05) is 18.2 Å². The maximum Gasteiger partial charge on any atom is 0.191 e. The predicted molar refractivity (Wildman–Crippen MR) is 116 cm³/mol. The first-order valence-electron chi connectivity index (χ1n) is 8.94. The van der Waals surface area contributed by atoms with Gasteiger partial charge in [-0.05, 0) is 53.8 Å². The zero-order valence-electron chi connectivity index (χ0n) is 15.2. The molecule has 6 heteroatoms. The van der Waals surface area contributed by atoms with Crippen molar-refractivity contribution >= 4 is 40.7 Å². The summed E-state index contributed by atoms with van der Waals surface area (Å²) < 4.78 is 11.2. The third kappa shape index (κ3) is 4.06. The first kappa shape index (κ1) is 19.2. The molecule has 3 atom stereocenters. The van der Waals surface area contributed by atoms with Crippen LogP contribution in [0.4, 0.5) is 0 Å². The van der Waals surface area contributed by atoms with E-state index in [0.717, 1.165) is 31.1 Å². The average Bonchev–Trinajstić information content (AvgIpc) is 3.27. The number of ether oxygens (including phenoxy) is 2. The molecule has 5 nitrogen and oxygen atoms in total. The number of hydrogen-bond donors (Lipinski definition) is 2. The Morgan fingerprint density at radius 3 is 2.69 bits per heavy atom. The molecule has 0 amide bonds. The monoisotopic (exact) mass is 467 g/mol. The topological polar surface area (TPSA) is 54.9 Å². The normalized spacial score (nSPS) is 24.4. The van der Waals surface area contributed by atoms with Gasteiger partial charge in [0.05, 0.1) is 25.4 Å². The van der Waals surface area contributed by atoms with E-state index in [4.69, 9.17) is 9.47 Å². The fourth-order valence-corrected chi connectivity index (χ4v) is 3.86. The van der Waals surface area contributed by atoms with Crippen LogP contribution in [0.25, 0.3) is 10.8 Å². The highest BCUT2D eigenvalue weighted by molar-refractivity contribution is 14.0. The number of nitrogens with one attached hydrogen (secondary N) is 2. The van der Waals surface area contributed by atoms with E-state index < -0.39 is 0 Å². The van der Waals surface area contributed by atoms with E-state index in [1.54, 1.807) is 7.11 Å². The minimum Gasteiger partial charge on any atom is -0.497 e. The Morgan fingerprint density at radius 2 is 2.00 bits per heavy atom. The number of hydrogen-bond acceptors (Lipinski definition) is 3. The molecule has 2 N–H and O–H groups in total. The summed E-state index contributed by atoms with van der Waals surface area (Å²) in [7, 11) is 3.51. The van der Waals surface area contributed by atoms with Crippen molar-refractivity contribution in [1.82, 2.24) is 10.6 Å². The Hall–Kier alpha value is -1.54. The van der Waals surface area contributed by atoms with Gasteiger partial charge in [0, 0.05) is 13.6 Å². The van der Waals surface area contributed by atoms with E-state index in [2.05, 4.69) is 46.0 Å². The summed E-state index contributed by atoms with van der Waals surface area (Å²) in [5.74, 6) is 1.73. The second-order valence-corrected chi connectivity index (χ2v) is 6.83. The molecule has 0 spiro atoms. The predicted octanol–water partition coefficient (Wildman–Crippen LogP) is 3.45. The van der Waals surface area contributed by atoms with Gasteiger partial charge in [-0.25, -0.2) is 0 Å². The van der Waals surface area contributed by atoms with Gasteiger partial charge in [0.2, 0.25) is 0 Å². The van der Waals surface area contributed by atoms with Crippen LogP contribution in [0.2, 0.25) is 0 Å². The van der Waals surface area contributed by atoms with Crippen LogP contribution in [0.5, 0.6) is 5.75 Å². The Morgan fingerprint density at radius 1 is 1.19 bits per heavy atom. The highest BCUT2D eigenvalue weighted by Gasteiger charge is 2.41. The van der Waals surface area contributed by atoms with Crippen LogP contribution in [0.15, 0.2) is 41.4 Å². The molecule has 0 radical (unpaired) electrons. The van der Waals surface area contributed by atoms with E-state index in [1.807, 2.05) is 13.1 Å². The van der Waals surface area contributed by atoms with Crippen LogP contribution in [0, 0.1) is 0 Å². The molecule has 0 aliphatic carbocycles. The fraction of sp³-hybridized carbons (Fsp3) is 0.450. The molecule has 2 heterocycles. The lowest BCUT2D eigenvalue weighted by molar-refractivity contribution is 0.0992. The van der Waals surface area contributed by atoms with Crippen molar-refractivity contribution in [3.8, 4) is 5.75 Å². The lowest BCUT2D eigenvalue weighted by Crippen LogP contribution is -2.47. The molecule has 2 saturated heterocycles. The van der Waals surface area contributed by atoms with E-state index in [0.29, 0.717) is 18.2 Å². The Bertz CT molecular complexity index is 796. The first-order valence-corrected chi connectivity index (χ1v) is 8.94. The number of guanidine groups is 1. The summed E-state index contributed by atoms with van der Waals surface area (Å²) in [5.41, 5.74) is 1.23. The second-order valence-electron chi connectivity index (χ2n) is 6.83. The maximum absolute atomic E-state index is 5.90. The van der Waals surface area contributed by atoms with Crippen molar-refractivity contribution in [3.05, 3.63) is 42.0 Å². The maximum atomic E-state index is 5.90. The average molecular weight is 467 g/mol. The zero-order chi connectivity index (χ0) is 17.2. The van der Waals surface area contributed by atoms with Crippen molar-refractivity contribution in [2.45, 2.75) is 44.1 Å². The number of nitrogens with zero attached hydrogens (tertiary/aromatic N) is 1. The second kappa shape index (κ2) is 8.43. The molecular weight excluding hydrogens is 441 g/mol. The lowest BCUT2D eigenvalue weighted by atomic mass is 9.96. The summed E-state index contributed by atoms with van der Waals surface area (Å²) in [6.45, 7) is 0.739. The van der Waals surface area contributed by atoms with Crippen LogP contribution in [0.1, 0.15) is 24.8 Å². The highest BCUT2D eigenvalue weighted by atomic mass is 127. The van der Waals surface area contributed by atoms with Gasteiger partial charge in [-0.15, -0.1) is 24.0 Å². The molecule has 2 aliphatic rings. The van der Waals surface area contributed by atoms with Gasteiger partial charge in [0.1, 0.15) is 5.75 Å². The van der Waals surface area contributed by atoms with Crippen molar-refractivity contribution in [2.24, 2.45) is 4.99 Å². The molecule has 26 heavy (non-hydrogen) atoms. The fourth-order valence-electron chi connectivity index (χ4n) is 3.86. The summed E-state index contributed by atoms with van der Waals surface area (Å²) in [5, 5.41) is 9.33. The first-order chi connectivity index (χ1) is 12.2. The van der Waals surface area contributed by atoms with Gasteiger partial charge >= 0.3 is 0 Å². The molecule has 2 aromatic carbocycles. The van der Waals surface area contributed by atoms with Gasteiger partial charge in [-0.2, -0.15) is 0 Å². The molecule has 4 rings (SSSR count). The van der Waals surface area contributed by atoms with Crippen molar-refractivity contribution in [2.75, 3.05) is 14.2 Å². The van der Waals surface area contributed by atoms with E-state index >= 15 is 0 Å². The van der Waals surface area contributed by atoms with Crippen LogP contribution in [-0.2, 0) is 11.3 Å². The molecule has 140 valence electrons. The molecule has 3 unspecified atom stereocenters. The standard InChI is InChI=1S/C20H25N3O2.HI/c1-21-20(23-18-11-17-7-8-19(18)25-17)22-12-13-3-4-15-10-16(24-2)6-5-14(15)9-13;/h3-6,9-10,17-19H,7-8,11-12H2,1-2H3,(H2,21,22,23);1H. The van der Waals surface area contributed by atoms with Crippen molar-refractivity contribution < 1.29 is 9.47 Å². The Kier molecular flexibility index (Phi) is 6.24. The number of fused-ring (bicyclic) bond motifs is 3. The quantitative estimate of drug-likeness (QED) is 0.411. The van der Waals surface area contributed by atoms with Crippen LogP contribution in [-0.4, -0.2) is 38.4 Å². The van der Waals surface area contributed by atoms with Crippen molar-refractivity contribution in [1.29, 1.82) is 0 Å². The summed E-state index contributed by atoms with van der Waals surface area (Å²) in [6.07, 6.45) is 4.24. The van der Waals surface area contributed by atoms with E-state index in [9.17, 15) is 0 Å². The molecular formula is C20H26IN3O2. The number of halogens is 1. The Balaban J connectivity index is 0.00000196. The molecule has 0 aromatic heterocycles. The molecule has 0 saturated carbocycles. The smallest absolute Gasteiger partial charge is 0.191 e. The number of benzene rings is 2. The molecule has 2 aliphatic heterocycles. The van der Waals surface area contributed by atoms with E-state index in [1.165, 1.54) is 22.8 Å². The summed E-state index contributed by atoms with van der Waals surface area (Å²) in [4.78, 5) is 4.36. The summed E-state index contributed by atoms with van der Waals surface area (Å²) >= 11 is 0. The van der Waals surface area contributed by atoms with Crippen LogP contribution >= 0.6 is 24.0 Å². The molecule has 2 aromatic rings. The Labute approximate surface area is 171 Å². The van der Waals surface area contributed by atoms with Gasteiger partial charge in [0.25, 0.3) is 0 Å².